The number of aliphatic hydroxyl groups is 1. The van der Waals surface area contributed by atoms with Crippen LogP contribution in [0.1, 0.15) is 39.0 Å². The lowest BCUT2D eigenvalue weighted by atomic mass is 9.87. The van der Waals surface area contributed by atoms with E-state index in [4.69, 9.17) is 11.6 Å². The van der Waals surface area contributed by atoms with Crippen LogP contribution in [0.15, 0.2) is 66.7 Å². The minimum atomic E-state index is -1.90. The number of para-hydroxylation sites is 1. The Labute approximate surface area is 180 Å². The number of Topliss-reactive ketones (excluding diaryl/α,β-unsaturated/α-hetero) is 1. The van der Waals surface area contributed by atoms with Crippen molar-refractivity contribution in [3.8, 4) is 0 Å². The number of amides is 1. The fourth-order valence-corrected chi connectivity index (χ4v) is 4.23. The molecule has 0 spiro atoms. The van der Waals surface area contributed by atoms with Crippen LogP contribution in [0.2, 0.25) is 5.02 Å². The van der Waals surface area contributed by atoms with Gasteiger partial charge in [0, 0.05) is 16.1 Å². The molecule has 5 heteroatoms. The fraction of sp³-hybridized carbons (Fsp3) is 0.200. The second kappa shape index (κ2) is 7.71. The summed E-state index contributed by atoms with van der Waals surface area (Å²) >= 11 is 6.09. The van der Waals surface area contributed by atoms with Gasteiger partial charge in [0.1, 0.15) is 0 Å². The van der Waals surface area contributed by atoms with Crippen LogP contribution in [0.5, 0.6) is 0 Å². The van der Waals surface area contributed by atoms with Gasteiger partial charge in [-0.3, -0.25) is 9.59 Å². The summed E-state index contributed by atoms with van der Waals surface area (Å²) in [7, 11) is 0. The molecule has 0 saturated heterocycles. The minimum absolute atomic E-state index is 0.258. The topological polar surface area (TPSA) is 57.6 Å². The molecule has 1 amide bonds. The second-order valence-corrected chi connectivity index (χ2v) is 8.25. The van der Waals surface area contributed by atoms with Crippen molar-refractivity contribution in [1.29, 1.82) is 0 Å². The highest BCUT2D eigenvalue weighted by Crippen LogP contribution is 2.43. The average Bonchev–Trinajstić information content (AvgIpc) is 2.92. The van der Waals surface area contributed by atoms with Gasteiger partial charge in [0.25, 0.3) is 5.91 Å². The third-order valence-corrected chi connectivity index (χ3v) is 5.81. The van der Waals surface area contributed by atoms with E-state index in [9.17, 15) is 14.7 Å². The number of carbonyl (C=O) groups is 2. The summed E-state index contributed by atoms with van der Waals surface area (Å²) < 4.78 is 0. The summed E-state index contributed by atoms with van der Waals surface area (Å²) in [4.78, 5) is 28.0. The Morgan fingerprint density at radius 2 is 1.80 bits per heavy atom. The molecule has 1 unspecified atom stereocenters. The van der Waals surface area contributed by atoms with Gasteiger partial charge in [0.05, 0.1) is 18.7 Å². The molecule has 30 heavy (non-hydrogen) atoms. The van der Waals surface area contributed by atoms with Crippen LogP contribution in [0.4, 0.5) is 5.69 Å². The number of ketones is 1. The number of hydrogen-bond donors (Lipinski definition) is 1. The van der Waals surface area contributed by atoms with E-state index in [0.717, 1.165) is 16.7 Å². The van der Waals surface area contributed by atoms with E-state index in [1.54, 1.807) is 36.4 Å². The van der Waals surface area contributed by atoms with Crippen molar-refractivity contribution in [2.45, 2.75) is 32.4 Å². The average molecular weight is 420 g/mol. The van der Waals surface area contributed by atoms with Gasteiger partial charge in [-0.2, -0.15) is 0 Å². The Hall–Kier alpha value is -2.95. The molecule has 3 aromatic carbocycles. The lowest BCUT2D eigenvalue weighted by molar-refractivity contribution is -0.136. The highest BCUT2D eigenvalue weighted by Gasteiger charge is 2.50. The Kier molecular flexibility index (Phi) is 5.22. The van der Waals surface area contributed by atoms with Gasteiger partial charge in [0.15, 0.2) is 11.4 Å². The molecular weight excluding hydrogens is 398 g/mol. The van der Waals surface area contributed by atoms with Gasteiger partial charge in [-0.1, -0.05) is 59.6 Å². The number of carbonyl (C=O) groups excluding carboxylic acids is 2. The van der Waals surface area contributed by atoms with Crippen molar-refractivity contribution >= 4 is 29.0 Å². The normalized spacial score (nSPS) is 17.9. The van der Waals surface area contributed by atoms with Crippen molar-refractivity contribution < 1.29 is 14.7 Å². The van der Waals surface area contributed by atoms with Crippen LogP contribution < -0.4 is 4.90 Å². The van der Waals surface area contributed by atoms with E-state index in [2.05, 4.69) is 0 Å². The SMILES string of the molecule is Cc1ccc(C)c(C(=O)CC2(O)C(=O)N(Cc3cccc(Cl)c3)c3ccccc32)c1. The maximum atomic E-state index is 13.4. The number of nitrogens with zero attached hydrogens (tertiary/aromatic N) is 1. The van der Waals surface area contributed by atoms with E-state index >= 15 is 0 Å². The van der Waals surface area contributed by atoms with Gasteiger partial charge in [-0.05, 0) is 49.2 Å². The standard InChI is InChI=1S/C25H22ClNO3/c1-16-10-11-17(2)20(12-16)23(28)14-25(30)21-8-3-4-9-22(21)27(24(25)29)15-18-6-5-7-19(26)13-18/h3-13,30H,14-15H2,1-2H3. The first-order chi connectivity index (χ1) is 14.3. The molecule has 0 bridgehead atoms. The summed E-state index contributed by atoms with van der Waals surface area (Å²) in [6.45, 7) is 4.02. The number of anilines is 1. The summed E-state index contributed by atoms with van der Waals surface area (Å²) in [5, 5.41) is 12.0. The first-order valence-electron chi connectivity index (χ1n) is 9.78. The Bertz CT molecular complexity index is 1160. The van der Waals surface area contributed by atoms with Crippen LogP contribution >= 0.6 is 11.6 Å². The number of fused-ring (bicyclic) bond motifs is 1. The van der Waals surface area contributed by atoms with E-state index in [1.807, 2.05) is 44.2 Å². The summed E-state index contributed by atoms with van der Waals surface area (Å²) in [6.07, 6.45) is -0.306. The predicted molar refractivity (Wildman–Crippen MR) is 118 cm³/mol. The molecule has 1 atom stereocenters. The summed E-state index contributed by atoms with van der Waals surface area (Å²) in [5.41, 5.74) is 2.31. The molecule has 1 aliphatic heterocycles. The number of hydrogen-bond acceptors (Lipinski definition) is 3. The number of aryl methyl sites for hydroxylation is 2. The minimum Gasteiger partial charge on any atom is -0.375 e. The highest BCUT2D eigenvalue weighted by atomic mass is 35.5. The van der Waals surface area contributed by atoms with Crippen molar-refractivity contribution in [1.82, 2.24) is 0 Å². The van der Waals surface area contributed by atoms with Gasteiger partial charge < -0.3 is 10.0 Å². The fourth-order valence-electron chi connectivity index (χ4n) is 4.02. The van der Waals surface area contributed by atoms with Crippen molar-refractivity contribution in [2.24, 2.45) is 0 Å². The predicted octanol–water partition coefficient (Wildman–Crippen LogP) is 4.96. The number of halogens is 1. The zero-order valence-corrected chi connectivity index (χ0v) is 17.6. The van der Waals surface area contributed by atoms with Crippen LogP contribution in [-0.4, -0.2) is 16.8 Å². The molecule has 4 nitrogen and oxygen atoms in total. The Balaban J connectivity index is 1.70. The third-order valence-electron chi connectivity index (χ3n) is 5.58. The number of rotatable bonds is 5. The van der Waals surface area contributed by atoms with Gasteiger partial charge >= 0.3 is 0 Å². The van der Waals surface area contributed by atoms with Gasteiger partial charge in [-0.15, -0.1) is 0 Å². The molecular formula is C25H22ClNO3. The largest absolute Gasteiger partial charge is 0.375 e. The zero-order chi connectivity index (χ0) is 21.5. The Morgan fingerprint density at radius 3 is 2.57 bits per heavy atom. The van der Waals surface area contributed by atoms with Crippen LogP contribution in [0.25, 0.3) is 0 Å². The van der Waals surface area contributed by atoms with E-state index in [0.29, 0.717) is 21.8 Å². The molecule has 0 radical (unpaired) electrons. The molecule has 152 valence electrons. The van der Waals surface area contributed by atoms with Crippen molar-refractivity contribution in [2.75, 3.05) is 4.90 Å². The summed E-state index contributed by atoms with van der Waals surface area (Å²) in [6, 6.07) is 19.9. The van der Waals surface area contributed by atoms with Gasteiger partial charge in [0.2, 0.25) is 0 Å². The third kappa shape index (κ3) is 3.53. The van der Waals surface area contributed by atoms with E-state index in [-0.39, 0.29) is 18.7 Å². The molecule has 3 aromatic rings. The first-order valence-corrected chi connectivity index (χ1v) is 10.2. The molecule has 0 fully saturated rings. The van der Waals surface area contributed by atoms with Gasteiger partial charge in [-0.25, -0.2) is 0 Å². The van der Waals surface area contributed by atoms with Crippen molar-refractivity contribution in [3.63, 3.8) is 0 Å². The van der Waals surface area contributed by atoms with E-state index < -0.39 is 11.5 Å². The van der Waals surface area contributed by atoms with Crippen molar-refractivity contribution in [3.05, 3.63) is 99.6 Å². The zero-order valence-electron chi connectivity index (χ0n) is 16.9. The first kappa shape index (κ1) is 20.3. The lowest BCUT2D eigenvalue weighted by Crippen LogP contribution is -2.41. The molecule has 1 aliphatic rings. The van der Waals surface area contributed by atoms with E-state index in [1.165, 1.54) is 4.90 Å². The molecule has 1 N–H and O–H groups in total. The van der Waals surface area contributed by atoms with Crippen LogP contribution in [0, 0.1) is 13.8 Å². The lowest BCUT2D eigenvalue weighted by Gasteiger charge is -2.23. The highest BCUT2D eigenvalue weighted by molar-refractivity contribution is 6.30. The summed E-state index contributed by atoms with van der Waals surface area (Å²) in [5.74, 6) is -0.756. The molecule has 1 heterocycles. The molecule has 0 saturated carbocycles. The maximum absolute atomic E-state index is 13.4. The molecule has 4 rings (SSSR count). The second-order valence-electron chi connectivity index (χ2n) is 7.82. The van der Waals surface area contributed by atoms with Crippen LogP contribution in [-0.2, 0) is 16.9 Å². The number of benzene rings is 3. The Morgan fingerprint density at radius 1 is 1.03 bits per heavy atom. The smallest absolute Gasteiger partial charge is 0.264 e. The maximum Gasteiger partial charge on any atom is 0.264 e. The monoisotopic (exact) mass is 419 g/mol. The van der Waals surface area contributed by atoms with Crippen LogP contribution in [0.3, 0.4) is 0 Å². The quantitative estimate of drug-likeness (QED) is 0.594. The molecule has 0 aromatic heterocycles. The molecule has 0 aliphatic carbocycles.